The molecule has 0 aliphatic heterocycles. The second kappa shape index (κ2) is 9.72. The Kier molecular flexibility index (Phi) is 7.19. The van der Waals surface area contributed by atoms with Gasteiger partial charge in [-0.1, -0.05) is 11.6 Å². The lowest BCUT2D eigenvalue weighted by atomic mass is 10.2. The lowest BCUT2D eigenvalue weighted by Crippen LogP contribution is -2.20. The zero-order valence-corrected chi connectivity index (χ0v) is 18.0. The number of anilines is 4. The Morgan fingerprint density at radius 2 is 1.73 bits per heavy atom. The zero-order chi connectivity index (χ0) is 24.2. The van der Waals surface area contributed by atoms with Crippen molar-refractivity contribution in [3.63, 3.8) is 0 Å². The van der Waals surface area contributed by atoms with E-state index in [2.05, 4.69) is 25.6 Å². The van der Waals surface area contributed by atoms with Gasteiger partial charge in [-0.2, -0.15) is 13.2 Å². The minimum atomic E-state index is -4.69. The number of sulfonamides is 1. The van der Waals surface area contributed by atoms with Gasteiger partial charge in [-0.3, -0.25) is 0 Å². The van der Waals surface area contributed by atoms with Crippen LogP contribution in [0.2, 0.25) is 5.02 Å². The highest BCUT2D eigenvalue weighted by Gasteiger charge is 2.29. The Balaban J connectivity index is 1.96. The summed E-state index contributed by atoms with van der Waals surface area (Å²) >= 11 is 5.78. The summed E-state index contributed by atoms with van der Waals surface area (Å²) in [5, 5.41) is 11.0. The Labute approximate surface area is 190 Å². The fourth-order valence-corrected chi connectivity index (χ4v) is 3.43. The van der Waals surface area contributed by atoms with Crippen LogP contribution in [0.15, 0.2) is 47.8 Å². The molecule has 0 atom stereocenters. The molecule has 9 nitrogen and oxygen atoms in total. The van der Waals surface area contributed by atoms with Gasteiger partial charge in [0.1, 0.15) is 36.2 Å². The summed E-state index contributed by atoms with van der Waals surface area (Å²) in [6.45, 7) is -3.00. The number of rotatable bonds is 8. The summed E-state index contributed by atoms with van der Waals surface area (Å²) in [5.41, 5.74) is -0.700. The maximum Gasteiger partial charge on any atom is 0.422 e. The first-order valence-corrected chi connectivity index (χ1v) is 10.8. The van der Waals surface area contributed by atoms with Crippen LogP contribution >= 0.6 is 11.6 Å². The molecule has 0 saturated heterocycles. The van der Waals surface area contributed by atoms with E-state index in [1.54, 1.807) is 12.1 Å². The van der Waals surface area contributed by atoms with E-state index in [1.165, 1.54) is 12.3 Å². The van der Waals surface area contributed by atoms with Crippen molar-refractivity contribution in [1.82, 2.24) is 15.0 Å². The van der Waals surface area contributed by atoms with Crippen molar-refractivity contribution in [2.75, 3.05) is 17.2 Å². The van der Waals surface area contributed by atoms with E-state index in [1.807, 2.05) is 0 Å². The largest absolute Gasteiger partial charge is 0.482 e. The van der Waals surface area contributed by atoms with Gasteiger partial charge in [0.15, 0.2) is 6.61 Å². The molecule has 4 N–H and O–H groups in total. The molecule has 0 amide bonds. The molecule has 0 spiro atoms. The summed E-state index contributed by atoms with van der Waals surface area (Å²) in [7, 11) is -4.39. The van der Waals surface area contributed by atoms with Gasteiger partial charge < -0.3 is 15.4 Å². The van der Waals surface area contributed by atoms with Gasteiger partial charge in [0.2, 0.25) is 10.0 Å². The molecule has 0 unspecified atom stereocenters. The molecule has 0 saturated carbocycles. The number of nitrogens with zero attached hydrogens (tertiary/aromatic N) is 3. The minimum Gasteiger partial charge on any atom is -0.482 e. The second-order valence-corrected chi connectivity index (χ2v) is 8.41. The van der Waals surface area contributed by atoms with Gasteiger partial charge in [-0.05, 0) is 24.3 Å². The number of pyridine rings is 1. The van der Waals surface area contributed by atoms with Crippen LogP contribution in [0, 0.1) is 0 Å². The number of hydrogen-bond acceptors (Lipinski definition) is 8. The number of halogens is 5. The summed E-state index contributed by atoms with van der Waals surface area (Å²) < 4.78 is 79.7. The van der Waals surface area contributed by atoms with Gasteiger partial charge in [-0.15, -0.1) is 0 Å². The van der Waals surface area contributed by atoms with Crippen molar-refractivity contribution in [3.05, 3.63) is 53.4 Å². The molecule has 3 rings (SSSR count). The monoisotopic (exact) mass is 506 g/mol. The van der Waals surface area contributed by atoms with E-state index in [0.717, 1.165) is 18.5 Å². The molecule has 1 aromatic carbocycles. The number of hydrogen-bond donors (Lipinski definition) is 3. The first-order chi connectivity index (χ1) is 15.4. The third kappa shape index (κ3) is 6.87. The first-order valence-electron chi connectivity index (χ1n) is 8.87. The van der Waals surface area contributed by atoms with E-state index in [-0.39, 0.29) is 17.3 Å². The van der Waals surface area contributed by atoms with Gasteiger partial charge in [0, 0.05) is 17.8 Å². The lowest BCUT2D eigenvalue weighted by Gasteiger charge is -2.17. The molecule has 15 heteroatoms. The van der Waals surface area contributed by atoms with Crippen molar-refractivity contribution in [1.29, 1.82) is 0 Å². The molecule has 0 aliphatic carbocycles. The molecule has 0 aliphatic rings. The standard InChI is InChI=1S/C18H15ClF4N6O3S/c19-11-1-2-15(25-7-11)29-17-5-16(26-9-27-17)28-12-4-14(33(24,30)31)10(6-20)3-13(12)32-8-18(21,22)23/h1-5,7,9H,6,8H2,(H2,24,30,31)(H2,25,26,27,28,29). The van der Waals surface area contributed by atoms with Crippen LogP contribution in [0.25, 0.3) is 0 Å². The van der Waals surface area contributed by atoms with Crippen molar-refractivity contribution in [3.8, 4) is 5.75 Å². The average molecular weight is 507 g/mol. The van der Waals surface area contributed by atoms with Crippen LogP contribution < -0.4 is 20.5 Å². The summed E-state index contributed by atoms with van der Waals surface area (Å²) in [5.74, 6) is 0.223. The molecule has 33 heavy (non-hydrogen) atoms. The number of benzene rings is 1. The summed E-state index contributed by atoms with van der Waals surface area (Å²) in [4.78, 5) is 11.4. The predicted molar refractivity (Wildman–Crippen MR) is 112 cm³/mol. The van der Waals surface area contributed by atoms with E-state index < -0.39 is 45.7 Å². The van der Waals surface area contributed by atoms with Gasteiger partial charge in [0.05, 0.1) is 15.6 Å². The van der Waals surface area contributed by atoms with Crippen LogP contribution in [0.1, 0.15) is 5.56 Å². The molecule has 0 radical (unpaired) electrons. The molecule has 2 aromatic heterocycles. The van der Waals surface area contributed by atoms with Crippen LogP contribution in [0.5, 0.6) is 5.75 Å². The Morgan fingerprint density at radius 1 is 1.03 bits per heavy atom. The average Bonchev–Trinajstić information content (AvgIpc) is 2.73. The number of ether oxygens (including phenoxy) is 1. The number of primary sulfonamides is 1. The topological polar surface area (TPSA) is 132 Å². The molecule has 176 valence electrons. The second-order valence-electron chi connectivity index (χ2n) is 6.44. The van der Waals surface area contributed by atoms with Crippen LogP contribution in [0.4, 0.5) is 40.7 Å². The third-order valence-electron chi connectivity index (χ3n) is 3.92. The number of aromatic nitrogens is 3. The Morgan fingerprint density at radius 3 is 2.30 bits per heavy atom. The zero-order valence-electron chi connectivity index (χ0n) is 16.4. The molecular weight excluding hydrogens is 492 g/mol. The third-order valence-corrected chi connectivity index (χ3v) is 5.13. The van der Waals surface area contributed by atoms with Crippen LogP contribution in [0.3, 0.4) is 0 Å². The maximum absolute atomic E-state index is 13.4. The fourth-order valence-electron chi connectivity index (χ4n) is 2.56. The van der Waals surface area contributed by atoms with Crippen molar-refractivity contribution < 1.29 is 30.7 Å². The summed E-state index contributed by atoms with van der Waals surface area (Å²) in [6.07, 6.45) is -2.16. The lowest BCUT2D eigenvalue weighted by molar-refractivity contribution is -0.153. The minimum absolute atomic E-state index is 0.0479. The van der Waals surface area contributed by atoms with Crippen LogP contribution in [-0.2, 0) is 16.7 Å². The van der Waals surface area contributed by atoms with Crippen molar-refractivity contribution in [2.45, 2.75) is 17.7 Å². The van der Waals surface area contributed by atoms with E-state index in [4.69, 9.17) is 21.5 Å². The highest BCUT2D eigenvalue weighted by Crippen LogP contribution is 2.34. The van der Waals surface area contributed by atoms with Gasteiger partial charge >= 0.3 is 6.18 Å². The number of nitrogens with two attached hydrogens (primary N) is 1. The Bertz CT molecular complexity index is 1240. The summed E-state index contributed by atoms with van der Waals surface area (Å²) in [6, 6.07) is 6.22. The highest BCUT2D eigenvalue weighted by atomic mass is 35.5. The van der Waals surface area contributed by atoms with Crippen molar-refractivity contribution >= 4 is 44.8 Å². The Hall–Kier alpha value is -3.23. The van der Waals surface area contributed by atoms with E-state index >= 15 is 0 Å². The number of alkyl halides is 4. The van der Waals surface area contributed by atoms with Gasteiger partial charge in [-0.25, -0.2) is 32.9 Å². The fraction of sp³-hybridized carbons (Fsp3) is 0.167. The van der Waals surface area contributed by atoms with E-state index in [9.17, 15) is 26.0 Å². The van der Waals surface area contributed by atoms with E-state index in [0.29, 0.717) is 10.8 Å². The first kappa shape index (κ1) is 24.4. The predicted octanol–water partition coefficient (Wildman–Crippen LogP) is 4.07. The molecule has 3 aromatic rings. The molecular formula is C18H15ClF4N6O3S. The molecule has 0 fully saturated rings. The maximum atomic E-state index is 13.4. The molecule has 0 bridgehead atoms. The normalized spacial score (nSPS) is 11.8. The SMILES string of the molecule is NS(=O)(=O)c1cc(Nc2cc(Nc3ccc(Cl)cn3)ncn2)c(OCC(F)(F)F)cc1CF. The smallest absolute Gasteiger partial charge is 0.422 e. The van der Waals surface area contributed by atoms with Crippen molar-refractivity contribution in [2.24, 2.45) is 5.14 Å². The van der Waals surface area contributed by atoms with Crippen LogP contribution in [-0.4, -0.2) is 36.2 Å². The van der Waals surface area contributed by atoms with Gasteiger partial charge in [0.25, 0.3) is 0 Å². The number of nitrogens with one attached hydrogen (secondary N) is 2. The highest BCUT2D eigenvalue weighted by molar-refractivity contribution is 7.89. The quantitative estimate of drug-likeness (QED) is 0.389. The molecule has 2 heterocycles.